The Morgan fingerprint density at radius 1 is 1.39 bits per heavy atom. The Morgan fingerprint density at radius 3 is 2.44 bits per heavy atom. The predicted molar refractivity (Wildman–Crippen MR) is 68.7 cm³/mol. The quantitative estimate of drug-likeness (QED) is 0.837. The number of amides is 1. The summed E-state index contributed by atoms with van der Waals surface area (Å²) in [6, 6.07) is -1.42. The zero-order valence-corrected chi connectivity index (χ0v) is 10.7. The summed E-state index contributed by atoms with van der Waals surface area (Å²) in [6.07, 6.45) is -0.460. The average molecular weight is 253 g/mol. The first-order chi connectivity index (χ1) is 10.0. The van der Waals surface area contributed by atoms with Crippen molar-refractivity contribution in [2.24, 2.45) is 0 Å². The van der Waals surface area contributed by atoms with E-state index in [0.717, 1.165) is 0 Å². The zero-order chi connectivity index (χ0) is 16.8. The van der Waals surface area contributed by atoms with Crippen LogP contribution in [-0.2, 0) is 4.74 Å². The number of likely N-dealkylation sites (tertiary alicyclic amines) is 1. The summed E-state index contributed by atoms with van der Waals surface area (Å²) in [5.74, 6) is -0.941. The van der Waals surface area contributed by atoms with Gasteiger partial charge in [0.05, 0.1) is 5.48 Å². The molecule has 1 amide bonds. The van der Waals surface area contributed by atoms with Gasteiger partial charge in [0.15, 0.2) is 0 Å². The molecular weight excluding hydrogens is 230 g/mol. The maximum absolute atomic E-state index is 11.9. The van der Waals surface area contributed by atoms with E-state index in [-0.39, 0.29) is 36.7 Å². The maximum atomic E-state index is 11.9. The molecule has 1 saturated heterocycles. The largest absolute Gasteiger partial charge is 0.508 e. The summed E-state index contributed by atoms with van der Waals surface area (Å²) in [4.78, 5) is 13.3. The molecule has 4 nitrogen and oxygen atoms in total. The topological polar surface area (TPSA) is 49.8 Å². The van der Waals surface area contributed by atoms with E-state index in [1.807, 2.05) is 0 Å². The lowest BCUT2D eigenvalue weighted by molar-refractivity contribution is 0.00819. The van der Waals surface area contributed by atoms with Crippen LogP contribution in [0.25, 0.3) is 0 Å². The van der Waals surface area contributed by atoms with E-state index >= 15 is 0 Å². The molecule has 0 unspecified atom stereocenters. The summed E-state index contributed by atoms with van der Waals surface area (Å²) in [5, 5.41) is 9.53. The molecule has 1 aliphatic heterocycles. The normalized spacial score (nSPS) is 19.4. The molecule has 1 fully saturated rings. The second-order valence-electron chi connectivity index (χ2n) is 5.34. The van der Waals surface area contributed by atoms with Crippen LogP contribution in [-0.4, -0.2) is 34.8 Å². The third-order valence-corrected chi connectivity index (χ3v) is 2.57. The molecule has 2 rings (SSSR count). The zero-order valence-electron chi connectivity index (χ0n) is 14.7. The molecule has 0 saturated carbocycles. The van der Waals surface area contributed by atoms with Crippen LogP contribution in [0.1, 0.15) is 37.7 Å². The van der Waals surface area contributed by atoms with Gasteiger partial charge in [-0.3, -0.25) is 0 Å². The highest BCUT2D eigenvalue weighted by Gasteiger charge is 2.34. The third-order valence-electron chi connectivity index (χ3n) is 2.57. The molecule has 1 aromatic carbocycles. The molecule has 0 aliphatic carbocycles. The number of hydrogen-bond donors (Lipinski definition) is 1. The van der Waals surface area contributed by atoms with E-state index in [1.165, 1.54) is 4.90 Å². The fraction of sp³-hybridized carbons (Fsp3) is 0.500. The van der Waals surface area contributed by atoms with Crippen molar-refractivity contribution in [1.82, 2.24) is 4.90 Å². The third kappa shape index (κ3) is 2.94. The number of benzene rings is 1. The number of carbonyl (C=O) groups is 1. The van der Waals surface area contributed by atoms with Crippen molar-refractivity contribution in [2.45, 2.75) is 32.3 Å². The van der Waals surface area contributed by atoms with Gasteiger partial charge < -0.3 is 14.7 Å². The Labute approximate surface area is 113 Å². The minimum Gasteiger partial charge on any atom is -0.508 e. The summed E-state index contributed by atoms with van der Waals surface area (Å²) in [5.41, 5.74) is -0.363. The van der Waals surface area contributed by atoms with Crippen molar-refractivity contribution in [1.29, 1.82) is 0 Å². The monoisotopic (exact) mass is 253 g/mol. The van der Waals surface area contributed by atoms with Crippen LogP contribution in [0.4, 0.5) is 4.79 Å². The smallest absolute Gasteiger partial charge is 0.410 e. The molecule has 0 bridgehead atoms. The molecule has 1 aliphatic rings. The van der Waals surface area contributed by atoms with E-state index in [4.69, 9.17) is 10.2 Å². The van der Waals surface area contributed by atoms with Crippen LogP contribution in [0.3, 0.4) is 0 Å². The summed E-state index contributed by atoms with van der Waals surface area (Å²) in [7, 11) is 0. The standard InChI is InChI=1S/C14H19NO3/c1-14(2,3)18-13(17)15-8-11(9-15)10-4-6-12(16)7-5-10/h4-7,11,16H,8-9H2,1-3H3/i4D,5D,6D,7D. The molecular formula is C14H19NO3. The van der Waals surface area contributed by atoms with Gasteiger partial charge in [-0.15, -0.1) is 0 Å². The van der Waals surface area contributed by atoms with Crippen molar-refractivity contribution in [3.05, 3.63) is 29.7 Å². The number of hydrogen-bond acceptors (Lipinski definition) is 3. The predicted octanol–water partition coefficient (Wildman–Crippen LogP) is 2.73. The molecule has 0 atom stereocenters. The summed E-state index contributed by atoms with van der Waals surface area (Å²) in [6.45, 7) is 5.85. The molecule has 18 heavy (non-hydrogen) atoms. The van der Waals surface area contributed by atoms with Gasteiger partial charge in [0.1, 0.15) is 11.4 Å². The first kappa shape index (κ1) is 8.40. The van der Waals surface area contributed by atoms with E-state index in [2.05, 4.69) is 0 Å². The van der Waals surface area contributed by atoms with Crippen molar-refractivity contribution in [3.63, 3.8) is 0 Å². The van der Waals surface area contributed by atoms with Crippen LogP contribution in [0.5, 0.6) is 5.75 Å². The van der Waals surface area contributed by atoms with Gasteiger partial charge in [-0.05, 0) is 38.4 Å². The fourth-order valence-electron chi connectivity index (χ4n) is 1.66. The second-order valence-corrected chi connectivity index (χ2v) is 5.34. The number of ether oxygens (including phenoxy) is 1. The summed E-state index contributed by atoms with van der Waals surface area (Å²) < 4.78 is 36.2. The Hall–Kier alpha value is -1.71. The number of carbonyl (C=O) groups excluding carboxylic acids is 1. The van der Waals surface area contributed by atoms with Crippen LogP contribution in [0.2, 0.25) is 0 Å². The van der Waals surface area contributed by atoms with E-state index < -0.39 is 29.5 Å². The van der Waals surface area contributed by atoms with Crippen molar-refractivity contribution in [2.75, 3.05) is 13.1 Å². The SMILES string of the molecule is [2H]c1c([2H])c(C2CN(C(=O)OC(C)(C)C)C2)c([2H])c([2H])c1O. The van der Waals surface area contributed by atoms with Gasteiger partial charge >= 0.3 is 6.09 Å². The molecule has 0 radical (unpaired) electrons. The molecule has 98 valence electrons. The van der Waals surface area contributed by atoms with Gasteiger partial charge in [0.25, 0.3) is 0 Å². The number of nitrogens with zero attached hydrogens (tertiary/aromatic N) is 1. The molecule has 1 aromatic rings. The Kier molecular flexibility index (Phi) is 2.11. The summed E-state index contributed by atoms with van der Waals surface area (Å²) >= 11 is 0. The van der Waals surface area contributed by atoms with Gasteiger partial charge in [0, 0.05) is 19.0 Å². The van der Waals surface area contributed by atoms with Gasteiger partial charge in [-0.25, -0.2) is 4.79 Å². The molecule has 0 spiro atoms. The van der Waals surface area contributed by atoms with Crippen LogP contribution < -0.4 is 0 Å². The highest BCUT2D eigenvalue weighted by atomic mass is 16.6. The first-order valence-corrected chi connectivity index (χ1v) is 5.80. The van der Waals surface area contributed by atoms with Crippen molar-refractivity contribution >= 4 is 6.09 Å². The lowest BCUT2D eigenvalue weighted by Crippen LogP contribution is -2.50. The Bertz CT molecular complexity index is 592. The molecule has 1 N–H and O–H groups in total. The van der Waals surface area contributed by atoms with Crippen molar-refractivity contribution < 1.29 is 20.1 Å². The highest BCUT2D eigenvalue weighted by molar-refractivity contribution is 5.69. The minimum atomic E-state index is -0.651. The lowest BCUT2D eigenvalue weighted by atomic mass is 9.92. The molecule has 1 heterocycles. The molecule has 4 heteroatoms. The van der Waals surface area contributed by atoms with E-state index in [0.29, 0.717) is 0 Å². The van der Waals surface area contributed by atoms with Gasteiger partial charge in [-0.1, -0.05) is 12.1 Å². The minimum absolute atomic E-state index is 0.229. The van der Waals surface area contributed by atoms with Crippen LogP contribution in [0, 0.1) is 0 Å². The number of aromatic hydroxyl groups is 1. The molecule has 0 aromatic heterocycles. The van der Waals surface area contributed by atoms with Gasteiger partial charge in [0.2, 0.25) is 0 Å². The van der Waals surface area contributed by atoms with Gasteiger partial charge in [-0.2, -0.15) is 0 Å². The number of rotatable bonds is 1. The lowest BCUT2D eigenvalue weighted by Gasteiger charge is -2.40. The van der Waals surface area contributed by atoms with E-state index in [1.54, 1.807) is 20.8 Å². The van der Waals surface area contributed by atoms with Crippen molar-refractivity contribution in [3.8, 4) is 5.75 Å². The van der Waals surface area contributed by atoms with Crippen LogP contribution in [0.15, 0.2) is 24.2 Å². The fourth-order valence-corrected chi connectivity index (χ4v) is 1.66. The Balaban J connectivity index is 2.16. The number of phenols is 1. The maximum Gasteiger partial charge on any atom is 0.410 e. The van der Waals surface area contributed by atoms with E-state index in [9.17, 15) is 9.90 Å². The average Bonchev–Trinajstić information content (AvgIpc) is 2.34. The first-order valence-electron chi connectivity index (χ1n) is 7.80. The second kappa shape index (κ2) is 4.52. The van der Waals surface area contributed by atoms with Crippen LogP contribution >= 0.6 is 0 Å². The number of phenolic OH excluding ortho intramolecular Hbond substituents is 1. The Morgan fingerprint density at radius 2 is 1.94 bits per heavy atom. The highest BCUT2D eigenvalue weighted by Crippen LogP contribution is 2.29.